The zero-order valence-electron chi connectivity index (χ0n) is 12.5. The number of hydrogen-bond acceptors (Lipinski definition) is 3. The Morgan fingerprint density at radius 2 is 2.11 bits per heavy atom. The lowest BCUT2D eigenvalue weighted by Gasteiger charge is -2.48. The Hall–Kier alpha value is -0.590. The second-order valence-electron chi connectivity index (χ2n) is 6.49. The lowest BCUT2D eigenvalue weighted by molar-refractivity contribution is -0.110. The van der Waals surface area contributed by atoms with E-state index in [1.54, 1.807) is 0 Å². The van der Waals surface area contributed by atoms with Crippen molar-refractivity contribution in [2.75, 3.05) is 19.6 Å². The molecule has 0 aromatic carbocycles. The maximum absolute atomic E-state index is 9.00. The molecule has 0 aromatic heterocycles. The minimum atomic E-state index is 0.458. The molecule has 0 aromatic rings. The summed E-state index contributed by atoms with van der Waals surface area (Å²) in [5.41, 5.74) is 0. The van der Waals surface area contributed by atoms with Crippen LogP contribution in [-0.4, -0.2) is 35.7 Å². The molecule has 3 heteroatoms. The van der Waals surface area contributed by atoms with Crippen molar-refractivity contribution in [2.45, 2.75) is 52.0 Å². The van der Waals surface area contributed by atoms with E-state index < -0.39 is 0 Å². The number of nitriles is 1. The molecule has 2 aliphatic heterocycles. The molecule has 4 unspecified atom stereocenters. The average Bonchev–Trinajstić information content (AvgIpc) is 2.39. The van der Waals surface area contributed by atoms with Crippen molar-refractivity contribution < 1.29 is 0 Å². The molecule has 19 heavy (non-hydrogen) atoms. The molecule has 0 aliphatic carbocycles. The van der Waals surface area contributed by atoms with Crippen molar-refractivity contribution in [3.05, 3.63) is 6.92 Å². The summed E-state index contributed by atoms with van der Waals surface area (Å²) in [6.07, 6.45) is 5.68. The lowest BCUT2D eigenvalue weighted by Crippen LogP contribution is -2.55. The summed E-state index contributed by atoms with van der Waals surface area (Å²) >= 11 is 0. The highest BCUT2D eigenvalue weighted by molar-refractivity contribution is 4.87. The molecule has 1 radical (unpaired) electrons. The van der Waals surface area contributed by atoms with Gasteiger partial charge in [0, 0.05) is 25.7 Å². The van der Waals surface area contributed by atoms with Crippen LogP contribution in [0.4, 0.5) is 0 Å². The van der Waals surface area contributed by atoms with Gasteiger partial charge < -0.3 is 0 Å². The van der Waals surface area contributed by atoms with Gasteiger partial charge in [-0.25, -0.2) is 10.0 Å². The van der Waals surface area contributed by atoms with Crippen LogP contribution in [0, 0.1) is 36.0 Å². The normalized spacial score (nSPS) is 34.4. The first-order valence-electron chi connectivity index (χ1n) is 7.85. The molecule has 4 atom stereocenters. The first-order valence-corrected chi connectivity index (χ1v) is 7.85. The minimum absolute atomic E-state index is 0.458. The fourth-order valence-corrected chi connectivity index (χ4v) is 3.89. The van der Waals surface area contributed by atoms with Crippen LogP contribution >= 0.6 is 0 Å². The Morgan fingerprint density at radius 3 is 2.74 bits per heavy atom. The highest BCUT2D eigenvalue weighted by Gasteiger charge is 2.34. The van der Waals surface area contributed by atoms with E-state index in [-0.39, 0.29) is 0 Å². The SMILES string of the molecule is [CH2]C(C)C1CCN(N2CCCCC2CC#N)CC1C. The number of hydrogen-bond donors (Lipinski definition) is 0. The highest BCUT2D eigenvalue weighted by Crippen LogP contribution is 2.32. The predicted octanol–water partition coefficient (Wildman–Crippen LogP) is 3.10. The molecule has 0 saturated carbocycles. The summed E-state index contributed by atoms with van der Waals surface area (Å²) in [5.74, 6) is 2.02. The average molecular weight is 262 g/mol. The first-order chi connectivity index (χ1) is 9.13. The first kappa shape index (κ1) is 14.8. The van der Waals surface area contributed by atoms with Crippen molar-refractivity contribution >= 4 is 0 Å². The van der Waals surface area contributed by atoms with E-state index in [1.165, 1.54) is 25.7 Å². The van der Waals surface area contributed by atoms with E-state index >= 15 is 0 Å². The monoisotopic (exact) mass is 262 g/mol. The second kappa shape index (κ2) is 6.72. The third kappa shape index (κ3) is 3.49. The van der Waals surface area contributed by atoms with Gasteiger partial charge in [0.15, 0.2) is 0 Å². The van der Waals surface area contributed by atoms with Crippen LogP contribution in [0.1, 0.15) is 46.0 Å². The minimum Gasteiger partial charge on any atom is -0.241 e. The van der Waals surface area contributed by atoms with Crippen molar-refractivity contribution in [3.63, 3.8) is 0 Å². The molecule has 3 nitrogen and oxygen atoms in total. The maximum atomic E-state index is 9.00. The van der Waals surface area contributed by atoms with E-state index in [4.69, 9.17) is 5.26 Å². The molecule has 2 fully saturated rings. The molecule has 107 valence electrons. The summed E-state index contributed by atoms with van der Waals surface area (Å²) < 4.78 is 0. The van der Waals surface area contributed by atoms with Gasteiger partial charge in [-0.15, -0.1) is 0 Å². The van der Waals surface area contributed by atoms with Crippen molar-refractivity contribution in [3.8, 4) is 6.07 Å². The van der Waals surface area contributed by atoms with Crippen LogP contribution in [-0.2, 0) is 0 Å². The van der Waals surface area contributed by atoms with Crippen molar-refractivity contribution in [1.82, 2.24) is 10.0 Å². The molecule has 0 N–H and O–H groups in total. The van der Waals surface area contributed by atoms with E-state index in [2.05, 4.69) is 36.9 Å². The third-order valence-electron chi connectivity index (χ3n) is 4.97. The summed E-state index contributed by atoms with van der Waals surface area (Å²) in [5, 5.41) is 14.0. The molecule has 2 heterocycles. The van der Waals surface area contributed by atoms with Gasteiger partial charge in [0.1, 0.15) is 0 Å². The number of nitrogens with zero attached hydrogens (tertiary/aromatic N) is 3. The fraction of sp³-hybridized carbons (Fsp3) is 0.875. The van der Waals surface area contributed by atoms with Crippen LogP contribution in [0.2, 0.25) is 0 Å². The third-order valence-corrected chi connectivity index (χ3v) is 4.97. The van der Waals surface area contributed by atoms with Crippen LogP contribution < -0.4 is 0 Å². The molecule has 0 amide bonds. The van der Waals surface area contributed by atoms with Crippen molar-refractivity contribution in [1.29, 1.82) is 5.26 Å². The fourth-order valence-electron chi connectivity index (χ4n) is 3.89. The van der Waals surface area contributed by atoms with Gasteiger partial charge in [0.2, 0.25) is 0 Å². The smallest absolute Gasteiger partial charge is 0.0638 e. The van der Waals surface area contributed by atoms with Gasteiger partial charge in [-0.1, -0.05) is 27.2 Å². The van der Waals surface area contributed by atoms with Crippen LogP contribution in [0.5, 0.6) is 0 Å². The topological polar surface area (TPSA) is 30.3 Å². The molecule has 2 saturated heterocycles. The van der Waals surface area contributed by atoms with Gasteiger partial charge >= 0.3 is 0 Å². The standard InChI is InChI=1S/C16H28N3/c1-13(2)16-8-11-18(12-14(16)3)19-10-5-4-6-15(19)7-9-17/h13-16H,1,4-8,10-12H2,2-3H3. The molecule has 0 spiro atoms. The summed E-state index contributed by atoms with van der Waals surface area (Å²) in [6.45, 7) is 12.3. The van der Waals surface area contributed by atoms with E-state index in [0.29, 0.717) is 24.3 Å². The zero-order chi connectivity index (χ0) is 13.8. The van der Waals surface area contributed by atoms with E-state index in [1.807, 2.05) is 0 Å². The quantitative estimate of drug-likeness (QED) is 0.783. The number of rotatable bonds is 3. The Balaban J connectivity index is 1.96. The van der Waals surface area contributed by atoms with Crippen LogP contribution in [0.3, 0.4) is 0 Å². The highest BCUT2D eigenvalue weighted by atomic mass is 15.6. The van der Waals surface area contributed by atoms with Crippen LogP contribution in [0.15, 0.2) is 0 Å². The molecule has 2 rings (SSSR count). The Bertz CT molecular complexity index is 320. The molecule has 2 aliphatic rings. The molecular formula is C16H28N3. The largest absolute Gasteiger partial charge is 0.241 e. The van der Waals surface area contributed by atoms with Gasteiger partial charge in [-0.05, 0) is 37.0 Å². The maximum Gasteiger partial charge on any atom is 0.0638 e. The summed E-state index contributed by atoms with van der Waals surface area (Å²) in [7, 11) is 0. The second-order valence-corrected chi connectivity index (χ2v) is 6.49. The van der Waals surface area contributed by atoms with E-state index in [0.717, 1.165) is 25.6 Å². The number of piperidine rings is 2. The van der Waals surface area contributed by atoms with E-state index in [9.17, 15) is 0 Å². The Kier molecular flexibility index (Phi) is 5.24. The molecular weight excluding hydrogens is 234 g/mol. The molecule has 0 bridgehead atoms. The Morgan fingerprint density at radius 1 is 1.32 bits per heavy atom. The lowest BCUT2D eigenvalue weighted by atomic mass is 9.79. The van der Waals surface area contributed by atoms with Gasteiger partial charge in [-0.3, -0.25) is 0 Å². The summed E-state index contributed by atoms with van der Waals surface area (Å²) in [4.78, 5) is 0. The summed E-state index contributed by atoms with van der Waals surface area (Å²) in [6, 6.07) is 2.82. The Labute approximate surface area is 118 Å². The van der Waals surface area contributed by atoms with Crippen LogP contribution in [0.25, 0.3) is 0 Å². The predicted molar refractivity (Wildman–Crippen MR) is 77.9 cm³/mol. The van der Waals surface area contributed by atoms with Gasteiger partial charge in [0.25, 0.3) is 0 Å². The zero-order valence-corrected chi connectivity index (χ0v) is 12.5. The van der Waals surface area contributed by atoms with Gasteiger partial charge in [-0.2, -0.15) is 5.26 Å². The number of hydrazine groups is 1. The van der Waals surface area contributed by atoms with Crippen molar-refractivity contribution in [2.24, 2.45) is 17.8 Å². The van der Waals surface area contributed by atoms with Gasteiger partial charge in [0.05, 0.1) is 12.5 Å².